The van der Waals surface area contributed by atoms with Crippen molar-refractivity contribution in [2.75, 3.05) is 38.1 Å². The fraction of sp³-hybridized carbons (Fsp3) is 0.300. The van der Waals surface area contributed by atoms with Crippen LogP contribution in [0.4, 0.5) is 5.69 Å². The van der Waals surface area contributed by atoms with Crippen LogP contribution < -0.4 is 16.0 Å². The summed E-state index contributed by atoms with van der Waals surface area (Å²) in [5.74, 6) is 0.461. The molecule has 27 heavy (non-hydrogen) atoms. The van der Waals surface area contributed by atoms with Crippen LogP contribution in [0.15, 0.2) is 53.5 Å². The number of nitrogens with zero attached hydrogens (tertiary/aromatic N) is 3. The Morgan fingerprint density at radius 2 is 1.85 bits per heavy atom. The van der Waals surface area contributed by atoms with Crippen LogP contribution in [0, 0.1) is 0 Å². The summed E-state index contributed by atoms with van der Waals surface area (Å²) in [6.07, 6.45) is 0. The molecule has 3 rings (SSSR count). The number of hydrogen-bond donors (Lipinski definition) is 2. The van der Waals surface area contributed by atoms with Gasteiger partial charge in [-0.3, -0.25) is 9.79 Å². The fourth-order valence-corrected chi connectivity index (χ4v) is 3.33. The summed E-state index contributed by atoms with van der Waals surface area (Å²) in [6, 6.07) is 15.2. The fourth-order valence-electron chi connectivity index (χ4n) is 3.15. The van der Waals surface area contributed by atoms with Crippen LogP contribution >= 0.6 is 11.6 Å². The van der Waals surface area contributed by atoms with Crippen LogP contribution in [0.5, 0.6) is 0 Å². The maximum Gasteiger partial charge on any atom is 0.248 e. The van der Waals surface area contributed by atoms with Crippen LogP contribution in [-0.4, -0.2) is 50.0 Å². The maximum atomic E-state index is 11.1. The second kappa shape index (κ2) is 8.77. The minimum absolute atomic E-state index is 0.414. The Morgan fingerprint density at radius 3 is 2.44 bits per heavy atom. The van der Waals surface area contributed by atoms with E-state index in [4.69, 9.17) is 17.3 Å². The molecular weight excluding hydrogens is 362 g/mol. The summed E-state index contributed by atoms with van der Waals surface area (Å²) in [5, 5.41) is 4.15. The van der Waals surface area contributed by atoms with Crippen molar-refractivity contribution in [3.8, 4) is 0 Å². The van der Waals surface area contributed by atoms with E-state index in [1.807, 2.05) is 30.3 Å². The van der Waals surface area contributed by atoms with Crippen LogP contribution in [0.25, 0.3) is 0 Å². The molecule has 1 aliphatic heterocycles. The zero-order valence-corrected chi connectivity index (χ0v) is 16.1. The molecule has 0 spiro atoms. The van der Waals surface area contributed by atoms with Crippen molar-refractivity contribution in [1.29, 1.82) is 0 Å². The normalized spacial score (nSPS) is 15.0. The highest BCUT2D eigenvalue weighted by atomic mass is 35.5. The van der Waals surface area contributed by atoms with Gasteiger partial charge in [-0.2, -0.15) is 0 Å². The first-order chi connectivity index (χ1) is 13.1. The first-order valence-electron chi connectivity index (χ1n) is 8.91. The Kier molecular flexibility index (Phi) is 6.19. The third-order valence-corrected chi connectivity index (χ3v) is 4.89. The summed E-state index contributed by atoms with van der Waals surface area (Å²) in [6.45, 7) is 4.22. The van der Waals surface area contributed by atoms with Crippen LogP contribution in [0.1, 0.15) is 15.9 Å². The van der Waals surface area contributed by atoms with Gasteiger partial charge in [0.1, 0.15) is 0 Å². The molecule has 0 aliphatic carbocycles. The molecule has 6 nitrogen and oxygen atoms in total. The molecule has 0 saturated carbocycles. The summed E-state index contributed by atoms with van der Waals surface area (Å²) >= 11 is 6.10. The van der Waals surface area contributed by atoms with Gasteiger partial charge in [-0.25, -0.2) is 0 Å². The molecule has 0 aromatic heterocycles. The van der Waals surface area contributed by atoms with Crippen LogP contribution in [0.3, 0.4) is 0 Å². The lowest BCUT2D eigenvalue weighted by Gasteiger charge is -2.37. The highest BCUT2D eigenvalue weighted by Gasteiger charge is 2.19. The highest BCUT2D eigenvalue weighted by molar-refractivity contribution is 6.30. The molecule has 1 aliphatic rings. The smallest absolute Gasteiger partial charge is 0.248 e. The Bertz CT molecular complexity index is 813. The van der Waals surface area contributed by atoms with E-state index in [0.29, 0.717) is 12.1 Å². The Balaban J connectivity index is 1.54. The van der Waals surface area contributed by atoms with Crippen molar-refractivity contribution in [3.63, 3.8) is 0 Å². The lowest BCUT2D eigenvalue weighted by atomic mass is 10.1. The topological polar surface area (TPSA) is 74.0 Å². The number of nitrogens with two attached hydrogens (primary N) is 1. The molecule has 1 amide bonds. The molecule has 1 fully saturated rings. The van der Waals surface area contributed by atoms with Crippen molar-refractivity contribution in [3.05, 3.63) is 64.7 Å². The number of carbonyl (C=O) groups is 1. The largest absolute Gasteiger partial charge is 0.368 e. The van der Waals surface area contributed by atoms with E-state index < -0.39 is 5.91 Å². The SMILES string of the molecule is CN=C(NCc1ccc(C(N)=O)cc1)N1CCN(c2cccc(Cl)c2)CC1. The number of aliphatic imine (C=N–C) groups is 1. The molecule has 1 saturated heterocycles. The van der Waals surface area contributed by atoms with E-state index in [1.165, 1.54) is 0 Å². The minimum Gasteiger partial charge on any atom is -0.368 e. The number of halogens is 1. The van der Waals surface area contributed by atoms with Gasteiger partial charge in [0.15, 0.2) is 5.96 Å². The van der Waals surface area contributed by atoms with Gasteiger partial charge in [0.2, 0.25) is 5.91 Å². The molecule has 0 unspecified atom stereocenters. The van der Waals surface area contributed by atoms with Crippen molar-refractivity contribution in [2.45, 2.75) is 6.54 Å². The van der Waals surface area contributed by atoms with E-state index in [2.05, 4.69) is 26.2 Å². The highest BCUT2D eigenvalue weighted by Crippen LogP contribution is 2.20. The average Bonchev–Trinajstić information content (AvgIpc) is 2.69. The summed E-state index contributed by atoms with van der Waals surface area (Å²) in [4.78, 5) is 20.1. The maximum absolute atomic E-state index is 11.1. The van der Waals surface area contributed by atoms with Gasteiger partial charge in [-0.1, -0.05) is 29.8 Å². The molecule has 2 aromatic carbocycles. The summed E-state index contributed by atoms with van der Waals surface area (Å²) < 4.78 is 0. The zero-order chi connectivity index (χ0) is 19.2. The molecule has 1 heterocycles. The van der Waals surface area contributed by atoms with Gasteiger partial charge in [0.25, 0.3) is 0 Å². The quantitative estimate of drug-likeness (QED) is 0.625. The number of carbonyl (C=O) groups excluding carboxylic acids is 1. The lowest BCUT2D eigenvalue weighted by molar-refractivity contribution is 0.100. The number of primary amides is 1. The second-order valence-electron chi connectivity index (χ2n) is 6.42. The summed E-state index contributed by atoms with van der Waals surface area (Å²) in [5.41, 5.74) is 8.01. The monoisotopic (exact) mass is 385 g/mol. The van der Waals surface area contributed by atoms with Crippen LogP contribution in [-0.2, 0) is 6.54 Å². The Labute approximate surface area is 164 Å². The van der Waals surface area contributed by atoms with E-state index in [1.54, 1.807) is 19.2 Å². The molecule has 3 N–H and O–H groups in total. The number of nitrogens with one attached hydrogen (secondary N) is 1. The first-order valence-corrected chi connectivity index (χ1v) is 9.29. The third kappa shape index (κ3) is 4.92. The van der Waals surface area contributed by atoms with Gasteiger partial charge < -0.3 is 20.9 Å². The average molecular weight is 386 g/mol. The first kappa shape index (κ1) is 19.0. The molecule has 0 bridgehead atoms. The number of hydrogen-bond acceptors (Lipinski definition) is 3. The molecule has 2 aromatic rings. The second-order valence-corrected chi connectivity index (χ2v) is 6.85. The van der Waals surface area contributed by atoms with Gasteiger partial charge in [0, 0.05) is 56.0 Å². The van der Waals surface area contributed by atoms with E-state index in [-0.39, 0.29) is 0 Å². The lowest BCUT2D eigenvalue weighted by Crippen LogP contribution is -2.52. The van der Waals surface area contributed by atoms with Crippen molar-refractivity contribution in [2.24, 2.45) is 10.7 Å². The molecular formula is C20H24ClN5O. The number of rotatable bonds is 4. The Morgan fingerprint density at radius 1 is 1.15 bits per heavy atom. The van der Waals surface area contributed by atoms with E-state index in [9.17, 15) is 4.79 Å². The standard InChI is InChI=1S/C20H24ClN5O/c1-23-20(24-14-15-5-7-16(8-6-15)19(22)27)26-11-9-25(10-12-26)18-4-2-3-17(21)13-18/h2-8,13H,9-12,14H2,1H3,(H2,22,27)(H,23,24). The number of benzene rings is 2. The molecule has 142 valence electrons. The van der Waals surface area contributed by atoms with E-state index >= 15 is 0 Å². The van der Waals surface area contributed by atoms with Gasteiger partial charge >= 0.3 is 0 Å². The predicted molar refractivity (Wildman–Crippen MR) is 110 cm³/mol. The van der Waals surface area contributed by atoms with Gasteiger partial charge in [-0.15, -0.1) is 0 Å². The van der Waals surface area contributed by atoms with Crippen molar-refractivity contribution >= 4 is 29.2 Å². The van der Waals surface area contributed by atoms with E-state index in [0.717, 1.165) is 48.4 Å². The number of piperazine rings is 1. The Hall–Kier alpha value is -2.73. The number of amides is 1. The van der Waals surface area contributed by atoms with Crippen molar-refractivity contribution < 1.29 is 4.79 Å². The predicted octanol–water partition coefficient (Wildman–Crippen LogP) is 2.34. The molecule has 7 heteroatoms. The number of guanidine groups is 1. The van der Waals surface area contributed by atoms with Crippen molar-refractivity contribution in [1.82, 2.24) is 10.2 Å². The van der Waals surface area contributed by atoms with Gasteiger partial charge in [-0.05, 0) is 35.9 Å². The van der Waals surface area contributed by atoms with Gasteiger partial charge in [0.05, 0.1) is 0 Å². The zero-order valence-electron chi connectivity index (χ0n) is 15.4. The third-order valence-electron chi connectivity index (χ3n) is 4.65. The van der Waals surface area contributed by atoms with Crippen LogP contribution in [0.2, 0.25) is 5.02 Å². The number of anilines is 1. The molecule has 0 radical (unpaired) electrons. The minimum atomic E-state index is -0.414. The molecule has 0 atom stereocenters. The summed E-state index contributed by atoms with van der Waals surface area (Å²) in [7, 11) is 1.79.